The van der Waals surface area contributed by atoms with Gasteiger partial charge in [0.2, 0.25) is 0 Å². The molecule has 4 nitrogen and oxygen atoms in total. The van der Waals surface area contributed by atoms with Gasteiger partial charge in [0.05, 0.1) is 5.69 Å². The Bertz CT molecular complexity index is 361. The average Bonchev–Trinajstić information content (AvgIpc) is 2.79. The van der Waals surface area contributed by atoms with E-state index < -0.39 is 0 Å². The van der Waals surface area contributed by atoms with E-state index in [1.54, 1.807) is 0 Å². The Morgan fingerprint density at radius 1 is 1.44 bits per heavy atom. The van der Waals surface area contributed by atoms with Crippen LogP contribution in [0.25, 0.3) is 0 Å². The maximum Gasteiger partial charge on any atom is 0.0630 e. The number of nitrogens with one attached hydrogen (secondary N) is 1. The van der Waals surface area contributed by atoms with Crippen LogP contribution in [0.5, 0.6) is 0 Å². The van der Waals surface area contributed by atoms with Crippen molar-refractivity contribution in [3.8, 4) is 0 Å². The second-order valence-corrected chi connectivity index (χ2v) is 5.70. The van der Waals surface area contributed by atoms with E-state index in [2.05, 4.69) is 36.5 Å². The molecule has 1 aromatic rings. The molecule has 1 saturated heterocycles. The Kier molecular flexibility index (Phi) is 4.40. The highest BCUT2D eigenvalue weighted by atomic mass is 16.5. The number of aromatic nitrogens is 2. The zero-order chi connectivity index (χ0) is 13.0. The van der Waals surface area contributed by atoms with Gasteiger partial charge in [0.25, 0.3) is 0 Å². The molecule has 2 rings (SSSR count). The summed E-state index contributed by atoms with van der Waals surface area (Å²) in [5, 5.41) is 8.02. The van der Waals surface area contributed by atoms with Crippen molar-refractivity contribution >= 4 is 0 Å². The third-order valence-corrected chi connectivity index (χ3v) is 3.85. The fraction of sp³-hybridized carbons (Fsp3) is 0.786. The van der Waals surface area contributed by atoms with Crippen molar-refractivity contribution in [2.75, 3.05) is 26.8 Å². The van der Waals surface area contributed by atoms with Gasteiger partial charge in [-0.05, 0) is 51.6 Å². The molecule has 4 heteroatoms. The largest absolute Gasteiger partial charge is 0.381 e. The van der Waals surface area contributed by atoms with Crippen LogP contribution < -0.4 is 5.32 Å². The first-order valence-electron chi connectivity index (χ1n) is 6.92. The monoisotopic (exact) mass is 251 g/mol. The number of hydrogen-bond donors (Lipinski definition) is 1. The Morgan fingerprint density at radius 2 is 2.17 bits per heavy atom. The molecule has 0 atom stereocenters. The Morgan fingerprint density at radius 3 is 2.72 bits per heavy atom. The lowest BCUT2D eigenvalue weighted by molar-refractivity contribution is 0.0153. The highest BCUT2D eigenvalue weighted by Gasteiger charge is 2.32. The maximum absolute atomic E-state index is 5.50. The minimum absolute atomic E-state index is 0.323. The number of hydrogen-bond acceptors (Lipinski definition) is 3. The molecule has 1 fully saturated rings. The molecular formula is C14H25N3O. The van der Waals surface area contributed by atoms with Crippen molar-refractivity contribution in [3.63, 3.8) is 0 Å². The third kappa shape index (κ3) is 3.12. The van der Waals surface area contributed by atoms with Crippen LogP contribution in [0.2, 0.25) is 0 Å². The molecule has 0 amide bonds. The molecule has 1 aliphatic rings. The summed E-state index contributed by atoms with van der Waals surface area (Å²) in [6, 6.07) is 2.60. The summed E-state index contributed by atoms with van der Waals surface area (Å²) in [5.74, 6) is 0. The smallest absolute Gasteiger partial charge is 0.0630 e. The summed E-state index contributed by atoms with van der Waals surface area (Å²) >= 11 is 0. The molecule has 2 heterocycles. The minimum atomic E-state index is 0.323. The van der Waals surface area contributed by atoms with E-state index in [9.17, 15) is 0 Å². The predicted molar refractivity (Wildman–Crippen MR) is 72.7 cm³/mol. The Hall–Kier alpha value is -0.870. The SMILES string of the molecule is CNCC1(Cc2ccn(C(C)C)n2)CCOCC1. The molecule has 102 valence electrons. The first-order valence-corrected chi connectivity index (χ1v) is 6.92. The van der Waals surface area contributed by atoms with Gasteiger partial charge in [-0.15, -0.1) is 0 Å². The third-order valence-electron chi connectivity index (χ3n) is 3.85. The fourth-order valence-electron chi connectivity index (χ4n) is 2.74. The lowest BCUT2D eigenvalue weighted by atomic mass is 9.76. The van der Waals surface area contributed by atoms with Crippen molar-refractivity contribution < 1.29 is 4.74 Å². The zero-order valence-corrected chi connectivity index (χ0v) is 11.8. The molecule has 18 heavy (non-hydrogen) atoms. The lowest BCUT2D eigenvalue weighted by Crippen LogP contribution is -2.39. The molecular weight excluding hydrogens is 226 g/mol. The highest BCUT2D eigenvalue weighted by molar-refractivity contribution is 5.05. The summed E-state index contributed by atoms with van der Waals surface area (Å²) in [5.41, 5.74) is 1.53. The van der Waals surface area contributed by atoms with Crippen LogP contribution in [0.3, 0.4) is 0 Å². The predicted octanol–water partition coefficient (Wildman–Crippen LogP) is 2.02. The molecule has 0 aromatic carbocycles. The van der Waals surface area contributed by atoms with E-state index in [0.717, 1.165) is 39.0 Å². The van der Waals surface area contributed by atoms with Crippen LogP contribution >= 0.6 is 0 Å². The van der Waals surface area contributed by atoms with Crippen LogP contribution in [0, 0.1) is 5.41 Å². The lowest BCUT2D eigenvalue weighted by Gasteiger charge is -2.36. The topological polar surface area (TPSA) is 39.1 Å². The van der Waals surface area contributed by atoms with Crippen molar-refractivity contribution in [1.82, 2.24) is 15.1 Å². The van der Waals surface area contributed by atoms with Crippen molar-refractivity contribution in [1.29, 1.82) is 0 Å². The first kappa shape index (κ1) is 13.6. The number of rotatable bonds is 5. The molecule has 0 radical (unpaired) electrons. The van der Waals surface area contributed by atoms with E-state index in [1.807, 2.05) is 11.7 Å². The van der Waals surface area contributed by atoms with E-state index in [-0.39, 0.29) is 0 Å². The van der Waals surface area contributed by atoms with Gasteiger partial charge in [-0.25, -0.2) is 0 Å². The minimum Gasteiger partial charge on any atom is -0.381 e. The van der Waals surface area contributed by atoms with Gasteiger partial charge in [-0.2, -0.15) is 5.10 Å². The molecule has 1 aliphatic heterocycles. The van der Waals surface area contributed by atoms with Crippen molar-refractivity contribution in [3.05, 3.63) is 18.0 Å². The average molecular weight is 251 g/mol. The normalized spacial score (nSPS) is 19.3. The second-order valence-electron chi connectivity index (χ2n) is 5.70. The zero-order valence-electron chi connectivity index (χ0n) is 11.8. The second kappa shape index (κ2) is 5.85. The Balaban J connectivity index is 2.07. The molecule has 1 aromatic heterocycles. The molecule has 0 aliphatic carbocycles. The molecule has 1 N–H and O–H groups in total. The summed E-state index contributed by atoms with van der Waals surface area (Å²) < 4.78 is 7.54. The van der Waals surface area contributed by atoms with Gasteiger partial charge in [0, 0.05) is 32.0 Å². The molecule has 0 spiro atoms. The van der Waals surface area contributed by atoms with Gasteiger partial charge in [0.1, 0.15) is 0 Å². The number of nitrogens with zero attached hydrogens (tertiary/aromatic N) is 2. The van der Waals surface area contributed by atoms with E-state index in [4.69, 9.17) is 4.74 Å². The Labute approximate surface area is 110 Å². The first-order chi connectivity index (χ1) is 8.65. The van der Waals surface area contributed by atoms with Crippen LogP contribution in [0.4, 0.5) is 0 Å². The maximum atomic E-state index is 5.50. The van der Waals surface area contributed by atoms with E-state index in [0.29, 0.717) is 11.5 Å². The van der Waals surface area contributed by atoms with Gasteiger partial charge in [0.15, 0.2) is 0 Å². The summed E-state index contributed by atoms with van der Waals surface area (Å²) in [4.78, 5) is 0. The van der Waals surface area contributed by atoms with Crippen molar-refractivity contribution in [2.45, 2.75) is 39.2 Å². The van der Waals surface area contributed by atoms with Gasteiger partial charge >= 0.3 is 0 Å². The van der Waals surface area contributed by atoms with E-state index >= 15 is 0 Å². The summed E-state index contributed by atoms with van der Waals surface area (Å²) in [6.45, 7) is 7.13. The fourth-order valence-corrected chi connectivity index (χ4v) is 2.74. The van der Waals surface area contributed by atoms with E-state index in [1.165, 1.54) is 5.69 Å². The summed E-state index contributed by atoms with van der Waals surface area (Å²) in [6.07, 6.45) is 5.40. The van der Waals surface area contributed by atoms with Crippen LogP contribution in [-0.4, -0.2) is 36.6 Å². The quantitative estimate of drug-likeness (QED) is 0.870. The van der Waals surface area contributed by atoms with Crippen LogP contribution in [-0.2, 0) is 11.2 Å². The molecule has 0 unspecified atom stereocenters. The van der Waals surface area contributed by atoms with Crippen LogP contribution in [0.1, 0.15) is 38.4 Å². The van der Waals surface area contributed by atoms with Gasteiger partial charge in [-0.1, -0.05) is 0 Å². The van der Waals surface area contributed by atoms with Gasteiger partial charge < -0.3 is 10.1 Å². The van der Waals surface area contributed by atoms with Crippen LogP contribution in [0.15, 0.2) is 12.3 Å². The summed E-state index contributed by atoms with van der Waals surface area (Å²) in [7, 11) is 2.03. The van der Waals surface area contributed by atoms with Gasteiger partial charge in [-0.3, -0.25) is 4.68 Å². The molecule has 0 saturated carbocycles. The standard InChI is InChI=1S/C14H25N3O/c1-12(2)17-7-4-13(16-17)10-14(11-15-3)5-8-18-9-6-14/h4,7,12,15H,5-6,8-11H2,1-3H3. The number of ether oxygens (including phenoxy) is 1. The molecule has 0 bridgehead atoms. The highest BCUT2D eigenvalue weighted by Crippen LogP contribution is 2.33. The van der Waals surface area contributed by atoms with Crippen molar-refractivity contribution in [2.24, 2.45) is 5.41 Å².